The number of rotatable bonds is 3. The number of aromatic nitrogens is 2. The van der Waals surface area contributed by atoms with Crippen LogP contribution in [0.25, 0.3) is 11.0 Å². The predicted octanol–water partition coefficient (Wildman–Crippen LogP) is 0.760. The van der Waals surface area contributed by atoms with Crippen molar-refractivity contribution in [3.63, 3.8) is 0 Å². The molecule has 2 aromatic rings. The smallest absolute Gasteiger partial charge is 0.319 e. The van der Waals surface area contributed by atoms with Gasteiger partial charge >= 0.3 is 6.03 Å². The minimum Gasteiger partial charge on any atom is -0.395 e. The van der Waals surface area contributed by atoms with Crippen molar-refractivity contribution in [2.45, 2.75) is 18.5 Å². The molecule has 1 aromatic carbocycles. The molecule has 1 fully saturated rings. The summed E-state index contributed by atoms with van der Waals surface area (Å²) in [5.74, 6) is 0. The fourth-order valence-electron chi connectivity index (χ4n) is 2.96. The summed E-state index contributed by atoms with van der Waals surface area (Å²) >= 11 is 0. The Bertz CT molecular complexity index is 684. The van der Waals surface area contributed by atoms with Crippen LogP contribution in [0.15, 0.2) is 24.5 Å². The highest BCUT2D eigenvalue weighted by atomic mass is 16.3. The molecule has 0 unspecified atom stereocenters. The standard InChI is InChI=1S/C15H21N5O2/c1-19-7-11(5-12(19)8-21)18-15(22)17-10-3-4-14-13(6-10)16-9-20(14)2/h3-4,6,9,11-12,21H,5,7-8H2,1-2H3,(H2,17,18,22)/t11-,12+/m1/s1. The third-order valence-corrected chi connectivity index (χ3v) is 4.22. The number of aliphatic hydroxyl groups is 1. The van der Waals surface area contributed by atoms with Crippen LogP contribution >= 0.6 is 0 Å². The summed E-state index contributed by atoms with van der Waals surface area (Å²) < 4.78 is 1.93. The first-order valence-electron chi connectivity index (χ1n) is 7.36. The molecule has 1 saturated heterocycles. The molecule has 0 spiro atoms. The minimum atomic E-state index is -0.229. The normalized spacial score (nSPS) is 22.1. The molecule has 0 radical (unpaired) electrons. The van der Waals surface area contributed by atoms with E-state index in [1.165, 1.54) is 0 Å². The van der Waals surface area contributed by atoms with Crippen LogP contribution in [0, 0.1) is 0 Å². The Morgan fingerprint density at radius 1 is 1.45 bits per heavy atom. The molecule has 118 valence electrons. The first-order chi connectivity index (χ1) is 10.6. The monoisotopic (exact) mass is 303 g/mol. The number of carbonyl (C=O) groups excluding carboxylic acids is 1. The predicted molar refractivity (Wildman–Crippen MR) is 84.8 cm³/mol. The molecule has 2 heterocycles. The number of nitrogens with one attached hydrogen (secondary N) is 2. The van der Waals surface area contributed by atoms with Crippen LogP contribution in [-0.4, -0.2) is 57.9 Å². The third kappa shape index (κ3) is 2.90. The van der Waals surface area contributed by atoms with Crippen LogP contribution < -0.4 is 10.6 Å². The van der Waals surface area contributed by atoms with Crippen molar-refractivity contribution >= 4 is 22.8 Å². The number of hydrogen-bond acceptors (Lipinski definition) is 4. The topological polar surface area (TPSA) is 82.4 Å². The summed E-state index contributed by atoms with van der Waals surface area (Å²) in [5.41, 5.74) is 2.59. The highest BCUT2D eigenvalue weighted by Gasteiger charge is 2.29. The molecule has 3 N–H and O–H groups in total. The summed E-state index contributed by atoms with van der Waals surface area (Å²) in [6.45, 7) is 0.866. The lowest BCUT2D eigenvalue weighted by Crippen LogP contribution is -2.39. The summed E-state index contributed by atoms with van der Waals surface area (Å²) in [6.07, 6.45) is 2.51. The highest BCUT2D eigenvalue weighted by Crippen LogP contribution is 2.18. The number of carbonyl (C=O) groups is 1. The average Bonchev–Trinajstić information content (AvgIpc) is 3.02. The second kappa shape index (κ2) is 5.94. The van der Waals surface area contributed by atoms with Crippen molar-refractivity contribution in [3.8, 4) is 0 Å². The van der Waals surface area contributed by atoms with E-state index in [0.717, 1.165) is 24.0 Å². The van der Waals surface area contributed by atoms with E-state index in [4.69, 9.17) is 0 Å². The lowest BCUT2D eigenvalue weighted by atomic mass is 10.2. The van der Waals surface area contributed by atoms with Crippen LogP contribution in [0.4, 0.5) is 10.5 Å². The van der Waals surface area contributed by atoms with Gasteiger partial charge in [0.2, 0.25) is 0 Å². The molecule has 22 heavy (non-hydrogen) atoms. The van der Waals surface area contributed by atoms with Crippen molar-refractivity contribution in [2.75, 3.05) is 25.5 Å². The summed E-state index contributed by atoms with van der Waals surface area (Å²) in [6, 6.07) is 5.60. The molecular formula is C15H21N5O2. The molecule has 1 aliphatic heterocycles. The Morgan fingerprint density at radius 2 is 2.27 bits per heavy atom. The zero-order valence-corrected chi connectivity index (χ0v) is 12.8. The number of urea groups is 1. The number of amides is 2. The van der Waals surface area contributed by atoms with Crippen molar-refractivity contribution in [2.24, 2.45) is 7.05 Å². The van der Waals surface area contributed by atoms with Crippen molar-refractivity contribution in [3.05, 3.63) is 24.5 Å². The van der Waals surface area contributed by atoms with E-state index < -0.39 is 0 Å². The lowest BCUT2D eigenvalue weighted by Gasteiger charge is -2.15. The van der Waals surface area contributed by atoms with E-state index in [-0.39, 0.29) is 24.7 Å². The molecule has 0 saturated carbocycles. The van der Waals surface area contributed by atoms with Gasteiger partial charge in [-0.05, 0) is 31.7 Å². The van der Waals surface area contributed by atoms with Gasteiger partial charge in [0.15, 0.2) is 0 Å². The number of aryl methyl sites for hydroxylation is 1. The van der Waals surface area contributed by atoms with E-state index in [2.05, 4.69) is 20.5 Å². The summed E-state index contributed by atoms with van der Waals surface area (Å²) in [4.78, 5) is 18.4. The van der Waals surface area contributed by atoms with Gasteiger partial charge in [-0.15, -0.1) is 0 Å². The number of benzene rings is 1. The van der Waals surface area contributed by atoms with Gasteiger partial charge in [0, 0.05) is 31.4 Å². The van der Waals surface area contributed by atoms with Crippen LogP contribution in [0.2, 0.25) is 0 Å². The second-order valence-electron chi connectivity index (χ2n) is 5.87. The molecule has 7 nitrogen and oxygen atoms in total. The number of likely N-dealkylation sites (tertiary alicyclic amines) is 1. The second-order valence-corrected chi connectivity index (χ2v) is 5.87. The number of fused-ring (bicyclic) bond motifs is 1. The Kier molecular flexibility index (Phi) is 4.00. The Balaban J connectivity index is 1.61. The molecule has 2 atom stereocenters. The van der Waals surface area contributed by atoms with Crippen molar-refractivity contribution in [1.82, 2.24) is 19.8 Å². The maximum atomic E-state index is 12.1. The molecule has 0 aliphatic carbocycles. The van der Waals surface area contributed by atoms with Crippen molar-refractivity contribution in [1.29, 1.82) is 0 Å². The number of hydrogen-bond donors (Lipinski definition) is 3. The van der Waals surface area contributed by atoms with E-state index in [1.54, 1.807) is 6.33 Å². The minimum absolute atomic E-state index is 0.0562. The van der Waals surface area contributed by atoms with Crippen LogP contribution in [0.1, 0.15) is 6.42 Å². The van der Waals surface area contributed by atoms with Gasteiger partial charge in [-0.25, -0.2) is 9.78 Å². The first-order valence-corrected chi connectivity index (χ1v) is 7.36. The number of anilines is 1. The van der Waals surface area contributed by atoms with E-state index in [0.29, 0.717) is 5.69 Å². The molecule has 7 heteroatoms. The van der Waals surface area contributed by atoms with E-state index in [1.807, 2.05) is 36.9 Å². The van der Waals surface area contributed by atoms with Gasteiger partial charge in [-0.3, -0.25) is 4.90 Å². The van der Waals surface area contributed by atoms with Gasteiger partial charge in [0.05, 0.1) is 24.0 Å². The van der Waals surface area contributed by atoms with Crippen molar-refractivity contribution < 1.29 is 9.90 Å². The largest absolute Gasteiger partial charge is 0.395 e. The van der Waals surface area contributed by atoms with Gasteiger partial charge < -0.3 is 20.3 Å². The van der Waals surface area contributed by atoms with Gasteiger partial charge in [0.1, 0.15) is 0 Å². The van der Waals surface area contributed by atoms with Gasteiger partial charge in [-0.2, -0.15) is 0 Å². The Hall–Kier alpha value is -2.12. The number of nitrogens with zero attached hydrogens (tertiary/aromatic N) is 3. The summed E-state index contributed by atoms with van der Waals surface area (Å²) in [5, 5.41) is 15.0. The third-order valence-electron chi connectivity index (χ3n) is 4.22. The van der Waals surface area contributed by atoms with E-state index >= 15 is 0 Å². The highest BCUT2D eigenvalue weighted by molar-refractivity contribution is 5.92. The molecule has 2 amide bonds. The molecule has 0 bridgehead atoms. The summed E-state index contributed by atoms with van der Waals surface area (Å²) in [7, 11) is 3.89. The fraction of sp³-hybridized carbons (Fsp3) is 0.467. The van der Waals surface area contributed by atoms with Gasteiger partial charge in [0.25, 0.3) is 0 Å². The average molecular weight is 303 g/mol. The fourth-order valence-corrected chi connectivity index (χ4v) is 2.96. The zero-order chi connectivity index (χ0) is 15.7. The van der Waals surface area contributed by atoms with Crippen LogP contribution in [0.5, 0.6) is 0 Å². The number of aliphatic hydroxyl groups excluding tert-OH is 1. The Labute approximate surface area is 128 Å². The van der Waals surface area contributed by atoms with E-state index in [9.17, 15) is 9.90 Å². The lowest BCUT2D eigenvalue weighted by molar-refractivity contribution is 0.182. The first kappa shape index (κ1) is 14.8. The zero-order valence-electron chi connectivity index (χ0n) is 12.8. The van der Waals surface area contributed by atoms with Crippen LogP contribution in [-0.2, 0) is 7.05 Å². The Morgan fingerprint density at radius 3 is 3.00 bits per heavy atom. The maximum Gasteiger partial charge on any atom is 0.319 e. The molecule has 1 aromatic heterocycles. The SMILES string of the molecule is CN1C[C@H](NC(=O)Nc2ccc3c(c2)ncn3C)C[C@H]1CO. The number of likely N-dealkylation sites (N-methyl/N-ethyl adjacent to an activating group) is 1. The van der Waals surface area contributed by atoms with Crippen LogP contribution in [0.3, 0.4) is 0 Å². The number of imidazole rings is 1. The quantitative estimate of drug-likeness (QED) is 0.782. The van der Waals surface area contributed by atoms with Gasteiger partial charge in [-0.1, -0.05) is 0 Å². The molecule has 1 aliphatic rings. The molecule has 3 rings (SSSR count). The molecular weight excluding hydrogens is 282 g/mol. The maximum absolute atomic E-state index is 12.1.